The topological polar surface area (TPSA) is 37.8 Å². The lowest BCUT2D eigenvalue weighted by Crippen LogP contribution is -2.37. The molecule has 14 heavy (non-hydrogen) atoms. The molecule has 0 aromatic carbocycles. The highest BCUT2D eigenvalue weighted by Gasteiger charge is 2.31. The predicted octanol–water partition coefficient (Wildman–Crippen LogP) is 2.69. The van der Waals surface area contributed by atoms with Crippen LogP contribution in [0.2, 0.25) is 0 Å². The molecule has 1 aromatic heterocycles. The molecule has 0 aliphatic heterocycles. The van der Waals surface area contributed by atoms with Gasteiger partial charge in [-0.1, -0.05) is 13.8 Å². The molecular formula is C10H17N3S. The Bertz CT molecular complexity index is 302. The molecule has 1 aliphatic rings. The van der Waals surface area contributed by atoms with Crippen LogP contribution in [0.4, 0.5) is 5.13 Å². The zero-order valence-corrected chi connectivity index (χ0v) is 9.77. The smallest absolute Gasteiger partial charge is 0.202 e. The molecule has 0 radical (unpaired) electrons. The second-order valence-electron chi connectivity index (χ2n) is 4.46. The van der Waals surface area contributed by atoms with Gasteiger partial charge in [0.05, 0.1) is 0 Å². The van der Waals surface area contributed by atoms with E-state index in [0.717, 1.165) is 22.8 Å². The van der Waals surface area contributed by atoms with Gasteiger partial charge in [0.15, 0.2) is 0 Å². The molecule has 0 saturated heterocycles. The Balaban J connectivity index is 1.79. The standard InChI is InChI=1S/C10H17N3S/c1-6(2)8-4-9(5-8)12-10-11-7(3)13-14-10/h6,8-9H,4-5H2,1-3H3,(H,11,12,13). The van der Waals surface area contributed by atoms with Crippen molar-refractivity contribution in [2.24, 2.45) is 11.8 Å². The Morgan fingerprint density at radius 3 is 2.64 bits per heavy atom. The third-order valence-electron chi connectivity index (χ3n) is 2.97. The van der Waals surface area contributed by atoms with Crippen molar-refractivity contribution in [2.75, 3.05) is 5.32 Å². The number of aryl methyl sites for hydroxylation is 1. The van der Waals surface area contributed by atoms with E-state index in [4.69, 9.17) is 0 Å². The molecule has 0 atom stereocenters. The van der Waals surface area contributed by atoms with Crippen molar-refractivity contribution in [1.82, 2.24) is 9.36 Å². The van der Waals surface area contributed by atoms with Gasteiger partial charge in [0.2, 0.25) is 5.13 Å². The van der Waals surface area contributed by atoms with Crippen molar-refractivity contribution in [3.63, 3.8) is 0 Å². The van der Waals surface area contributed by atoms with E-state index in [2.05, 4.69) is 28.5 Å². The number of anilines is 1. The first-order valence-electron chi connectivity index (χ1n) is 5.22. The lowest BCUT2D eigenvalue weighted by atomic mass is 9.74. The molecule has 0 spiro atoms. The van der Waals surface area contributed by atoms with Crippen molar-refractivity contribution in [2.45, 2.75) is 39.7 Å². The Labute approximate surface area is 89.1 Å². The summed E-state index contributed by atoms with van der Waals surface area (Å²) >= 11 is 1.46. The second-order valence-corrected chi connectivity index (χ2v) is 5.22. The minimum atomic E-state index is 0.634. The number of rotatable bonds is 3. The third-order valence-corrected chi connectivity index (χ3v) is 3.71. The van der Waals surface area contributed by atoms with Gasteiger partial charge in [-0.05, 0) is 31.6 Å². The van der Waals surface area contributed by atoms with Crippen LogP contribution < -0.4 is 5.32 Å². The molecule has 1 N–H and O–H groups in total. The zero-order valence-electron chi connectivity index (χ0n) is 8.95. The summed E-state index contributed by atoms with van der Waals surface area (Å²) in [5, 5.41) is 4.41. The number of hydrogen-bond donors (Lipinski definition) is 1. The highest BCUT2D eigenvalue weighted by Crippen LogP contribution is 2.35. The molecule has 1 heterocycles. The van der Waals surface area contributed by atoms with Crippen LogP contribution in [0.25, 0.3) is 0 Å². The van der Waals surface area contributed by atoms with Crippen molar-refractivity contribution in [3.8, 4) is 0 Å². The van der Waals surface area contributed by atoms with Gasteiger partial charge in [-0.15, -0.1) is 0 Å². The van der Waals surface area contributed by atoms with Gasteiger partial charge in [0.1, 0.15) is 5.82 Å². The van der Waals surface area contributed by atoms with Gasteiger partial charge in [0.25, 0.3) is 0 Å². The second kappa shape index (κ2) is 3.85. The van der Waals surface area contributed by atoms with E-state index in [9.17, 15) is 0 Å². The largest absolute Gasteiger partial charge is 0.358 e. The van der Waals surface area contributed by atoms with Crippen LogP contribution in [-0.2, 0) is 0 Å². The molecule has 0 amide bonds. The quantitative estimate of drug-likeness (QED) is 0.835. The van der Waals surface area contributed by atoms with Gasteiger partial charge in [-0.25, -0.2) is 4.98 Å². The van der Waals surface area contributed by atoms with Gasteiger partial charge >= 0.3 is 0 Å². The minimum absolute atomic E-state index is 0.634. The number of nitrogens with zero attached hydrogens (tertiary/aromatic N) is 2. The van der Waals surface area contributed by atoms with E-state index in [1.165, 1.54) is 24.4 Å². The van der Waals surface area contributed by atoms with Crippen LogP contribution in [0.3, 0.4) is 0 Å². The van der Waals surface area contributed by atoms with Crippen molar-refractivity contribution < 1.29 is 0 Å². The van der Waals surface area contributed by atoms with Crippen molar-refractivity contribution in [1.29, 1.82) is 0 Å². The highest BCUT2D eigenvalue weighted by molar-refractivity contribution is 7.09. The maximum absolute atomic E-state index is 4.30. The van der Waals surface area contributed by atoms with E-state index >= 15 is 0 Å². The van der Waals surface area contributed by atoms with Gasteiger partial charge < -0.3 is 5.32 Å². The summed E-state index contributed by atoms with van der Waals surface area (Å²) in [7, 11) is 0. The number of nitrogens with one attached hydrogen (secondary N) is 1. The Morgan fingerprint density at radius 1 is 1.43 bits per heavy atom. The van der Waals surface area contributed by atoms with Crippen molar-refractivity contribution >= 4 is 16.7 Å². The fourth-order valence-electron chi connectivity index (χ4n) is 1.85. The van der Waals surface area contributed by atoms with Gasteiger partial charge in [-0.2, -0.15) is 4.37 Å². The van der Waals surface area contributed by atoms with Gasteiger partial charge in [0, 0.05) is 17.6 Å². The summed E-state index contributed by atoms with van der Waals surface area (Å²) in [5.41, 5.74) is 0. The van der Waals surface area contributed by atoms with Crippen LogP contribution in [0.15, 0.2) is 0 Å². The van der Waals surface area contributed by atoms with E-state index < -0.39 is 0 Å². The van der Waals surface area contributed by atoms with E-state index in [1.807, 2.05) is 6.92 Å². The Morgan fingerprint density at radius 2 is 2.14 bits per heavy atom. The molecule has 78 valence electrons. The van der Waals surface area contributed by atoms with Gasteiger partial charge in [-0.3, -0.25) is 0 Å². The molecule has 0 bridgehead atoms. The summed E-state index contributed by atoms with van der Waals surface area (Å²) in [6.07, 6.45) is 2.58. The van der Waals surface area contributed by atoms with E-state index in [-0.39, 0.29) is 0 Å². The lowest BCUT2D eigenvalue weighted by Gasteiger charge is -2.38. The van der Waals surface area contributed by atoms with Crippen LogP contribution >= 0.6 is 11.5 Å². The average molecular weight is 211 g/mol. The Kier molecular flexibility index (Phi) is 2.72. The predicted molar refractivity (Wildman–Crippen MR) is 59.6 cm³/mol. The van der Waals surface area contributed by atoms with Crippen LogP contribution in [-0.4, -0.2) is 15.4 Å². The molecule has 1 aliphatic carbocycles. The molecule has 1 saturated carbocycles. The van der Waals surface area contributed by atoms with E-state index in [0.29, 0.717) is 6.04 Å². The Hall–Kier alpha value is -0.640. The first-order chi connectivity index (χ1) is 6.65. The summed E-state index contributed by atoms with van der Waals surface area (Å²) in [5.74, 6) is 2.60. The van der Waals surface area contributed by atoms with Crippen LogP contribution in [0, 0.1) is 18.8 Å². The number of hydrogen-bond acceptors (Lipinski definition) is 4. The molecule has 3 nitrogen and oxygen atoms in total. The molecule has 4 heteroatoms. The monoisotopic (exact) mass is 211 g/mol. The number of aromatic nitrogens is 2. The first kappa shape index (κ1) is 9.90. The SMILES string of the molecule is Cc1nsc(NC2CC(C(C)C)C2)n1. The fraction of sp³-hybridized carbons (Fsp3) is 0.800. The van der Waals surface area contributed by atoms with Crippen LogP contribution in [0.5, 0.6) is 0 Å². The molecule has 1 aromatic rings. The lowest BCUT2D eigenvalue weighted by molar-refractivity contribution is 0.212. The third kappa shape index (κ3) is 2.05. The maximum atomic E-state index is 4.30. The maximum Gasteiger partial charge on any atom is 0.202 e. The zero-order chi connectivity index (χ0) is 10.1. The summed E-state index contributed by atoms with van der Waals surface area (Å²) in [6, 6.07) is 0.634. The molecular weight excluding hydrogens is 194 g/mol. The minimum Gasteiger partial charge on any atom is -0.358 e. The molecule has 1 fully saturated rings. The first-order valence-corrected chi connectivity index (χ1v) is 5.99. The highest BCUT2D eigenvalue weighted by atomic mass is 32.1. The summed E-state index contributed by atoms with van der Waals surface area (Å²) in [4.78, 5) is 4.30. The fourth-order valence-corrected chi connectivity index (χ4v) is 2.51. The summed E-state index contributed by atoms with van der Waals surface area (Å²) in [6.45, 7) is 6.53. The molecule has 0 unspecified atom stereocenters. The van der Waals surface area contributed by atoms with Crippen LogP contribution in [0.1, 0.15) is 32.5 Å². The average Bonchev–Trinajstić information content (AvgIpc) is 2.42. The molecule has 2 rings (SSSR count). The summed E-state index contributed by atoms with van der Waals surface area (Å²) < 4.78 is 4.15. The van der Waals surface area contributed by atoms with E-state index in [1.54, 1.807) is 0 Å². The van der Waals surface area contributed by atoms with Crippen molar-refractivity contribution in [3.05, 3.63) is 5.82 Å². The normalized spacial score (nSPS) is 26.3.